The van der Waals surface area contributed by atoms with Gasteiger partial charge in [-0.25, -0.2) is 0 Å². The van der Waals surface area contributed by atoms with Gasteiger partial charge in [0.2, 0.25) is 5.91 Å². The summed E-state index contributed by atoms with van der Waals surface area (Å²) >= 11 is 0. The number of carbonyl (C=O) groups excluding carboxylic acids is 2. The number of amides is 2. The highest BCUT2D eigenvalue weighted by Gasteiger charge is 2.28. The lowest BCUT2D eigenvalue weighted by molar-refractivity contribution is -0.135. The highest BCUT2D eigenvalue weighted by molar-refractivity contribution is 5.97. The maximum absolute atomic E-state index is 12.8. The van der Waals surface area contributed by atoms with Crippen LogP contribution in [-0.2, 0) is 16.9 Å². The Kier molecular flexibility index (Phi) is 5.13. The van der Waals surface area contributed by atoms with Gasteiger partial charge in [0.25, 0.3) is 5.91 Å². The van der Waals surface area contributed by atoms with E-state index >= 15 is 0 Å². The van der Waals surface area contributed by atoms with E-state index in [-0.39, 0.29) is 23.9 Å². The van der Waals surface area contributed by atoms with Crippen molar-refractivity contribution in [2.45, 2.75) is 46.7 Å². The summed E-state index contributed by atoms with van der Waals surface area (Å²) in [5.74, 6) is -0.0681. The van der Waals surface area contributed by atoms with Crippen LogP contribution in [0.5, 0.6) is 0 Å². The molecule has 0 spiro atoms. The molecule has 1 aromatic heterocycles. The molecule has 3 rings (SSSR count). The Morgan fingerprint density at radius 3 is 2.30 bits per heavy atom. The summed E-state index contributed by atoms with van der Waals surface area (Å²) in [6, 6.07) is 8.20. The second-order valence-corrected chi connectivity index (χ2v) is 8.52. The van der Waals surface area contributed by atoms with Gasteiger partial charge in [0, 0.05) is 37.6 Å². The molecule has 5 nitrogen and oxygen atoms in total. The van der Waals surface area contributed by atoms with E-state index < -0.39 is 0 Å². The molecule has 1 aliphatic heterocycles. The van der Waals surface area contributed by atoms with E-state index in [2.05, 4.69) is 52.8 Å². The SMILES string of the molecule is Cc1cc(C)cc(CN2CCN(C(=O)c3ccn(C(C)(C)C)c3)CC2=O)c1. The highest BCUT2D eigenvalue weighted by atomic mass is 16.2. The number of hydrogen-bond acceptors (Lipinski definition) is 2. The van der Waals surface area contributed by atoms with Crippen molar-refractivity contribution < 1.29 is 9.59 Å². The molecule has 0 saturated carbocycles. The van der Waals surface area contributed by atoms with E-state index in [0.29, 0.717) is 25.2 Å². The van der Waals surface area contributed by atoms with Crippen molar-refractivity contribution >= 4 is 11.8 Å². The lowest BCUT2D eigenvalue weighted by Gasteiger charge is -2.34. The third kappa shape index (κ3) is 4.41. The monoisotopic (exact) mass is 367 g/mol. The van der Waals surface area contributed by atoms with Gasteiger partial charge in [-0.3, -0.25) is 9.59 Å². The third-order valence-electron chi connectivity index (χ3n) is 4.98. The normalized spacial score (nSPS) is 15.4. The Labute approximate surface area is 161 Å². The molecule has 1 aliphatic rings. The van der Waals surface area contributed by atoms with Crippen LogP contribution >= 0.6 is 0 Å². The fraction of sp³-hybridized carbons (Fsp3) is 0.455. The van der Waals surface area contributed by atoms with Crippen LogP contribution in [0.15, 0.2) is 36.7 Å². The van der Waals surface area contributed by atoms with Crippen LogP contribution in [0.25, 0.3) is 0 Å². The van der Waals surface area contributed by atoms with Gasteiger partial charge in [-0.15, -0.1) is 0 Å². The summed E-state index contributed by atoms with van der Waals surface area (Å²) < 4.78 is 2.03. The summed E-state index contributed by atoms with van der Waals surface area (Å²) in [6.07, 6.45) is 3.79. The Morgan fingerprint density at radius 2 is 1.74 bits per heavy atom. The molecule has 2 amide bonds. The maximum Gasteiger partial charge on any atom is 0.255 e. The van der Waals surface area contributed by atoms with E-state index in [0.717, 1.165) is 5.56 Å². The molecule has 0 radical (unpaired) electrons. The molecule has 144 valence electrons. The molecule has 0 unspecified atom stereocenters. The number of benzene rings is 1. The standard InChI is InChI=1S/C22H29N3O2/c1-16-10-17(2)12-18(11-16)13-23-8-9-24(15-20(23)26)21(27)19-6-7-25(14-19)22(3,4)5/h6-7,10-12,14H,8-9,13,15H2,1-5H3. The average Bonchev–Trinajstić information content (AvgIpc) is 3.05. The van der Waals surface area contributed by atoms with Crippen molar-refractivity contribution in [2.24, 2.45) is 0 Å². The van der Waals surface area contributed by atoms with Gasteiger partial charge in [0.1, 0.15) is 6.54 Å². The van der Waals surface area contributed by atoms with Gasteiger partial charge < -0.3 is 14.4 Å². The second-order valence-electron chi connectivity index (χ2n) is 8.52. The zero-order chi connectivity index (χ0) is 19.8. The molecule has 5 heteroatoms. The van der Waals surface area contributed by atoms with Crippen LogP contribution in [-0.4, -0.2) is 45.8 Å². The molecule has 0 bridgehead atoms. The van der Waals surface area contributed by atoms with Crippen molar-refractivity contribution in [3.63, 3.8) is 0 Å². The fourth-order valence-corrected chi connectivity index (χ4v) is 3.55. The largest absolute Gasteiger partial charge is 0.348 e. The summed E-state index contributed by atoms with van der Waals surface area (Å²) in [5, 5.41) is 0. The zero-order valence-electron chi connectivity index (χ0n) is 17.0. The molecule has 1 aromatic carbocycles. The van der Waals surface area contributed by atoms with Crippen molar-refractivity contribution in [3.05, 3.63) is 58.9 Å². The highest BCUT2D eigenvalue weighted by Crippen LogP contribution is 2.18. The minimum atomic E-state index is -0.0719. The Bertz CT molecular complexity index is 840. The first-order valence-electron chi connectivity index (χ1n) is 9.46. The van der Waals surface area contributed by atoms with Crippen LogP contribution in [0.1, 0.15) is 47.8 Å². The van der Waals surface area contributed by atoms with Gasteiger partial charge >= 0.3 is 0 Å². The zero-order valence-corrected chi connectivity index (χ0v) is 17.0. The van der Waals surface area contributed by atoms with Crippen LogP contribution in [0.3, 0.4) is 0 Å². The van der Waals surface area contributed by atoms with Gasteiger partial charge in [0.15, 0.2) is 0 Å². The van der Waals surface area contributed by atoms with Gasteiger partial charge in [-0.05, 0) is 46.2 Å². The lowest BCUT2D eigenvalue weighted by Crippen LogP contribution is -2.51. The third-order valence-corrected chi connectivity index (χ3v) is 4.98. The molecule has 1 saturated heterocycles. The van der Waals surface area contributed by atoms with Crippen molar-refractivity contribution in [3.8, 4) is 0 Å². The number of hydrogen-bond donors (Lipinski definition) is 0. The first kappa shape index (κ1) is 19.2. The first-order valence-corrected chi connectivity index (χ1v) is 9.46. The van der Waals surface area contributed by atoms with E-state index in [9.17, 15) is 9.59 Å². The predicted molar refractivity (Wildman–Crippen MR) is 107 cm³/mol. The van der Waals surface area contributed by atoms with Crippen LogP contribution in [0, 0.1) is 13.8 Å². The van der Waals surface area contributed by atoms with Crippen LogP contribution in [0.4, 0.5) is 0 Å². The Morgan fingerprint density at radius 1 is 1.07 bits per heavy atom. The number of piperazine rings is 1. The molecule has 0 aliphatic carbocycles. The van der Waals surface area contributed by atoms with E-state index in [1.807, 2.05) is 27.9 Å². The number of carbonyl (C=O) groups is 2. The number of nitrogens with zero attached hydrogens (tertiary/aromatic N) is 3. The number of rotatable bonds is 3. The Balaban J connectivity index is 1.65. The molecule has 27 heavy (non-hydrogen) atoms. The summed E-state index contributed by atoms with van der Waals surface area (Å²) in [5.41, 5.74) is 4.12. The minimum absolute atomic E-state index is 0.00372. The topological polar surface area (TPSA) is 45.5 Å². The van der Waals surface area contributed by atoms with Gasteiger partial charge in [0.05, 0.1) is 5.56 Å². The van der Waals surface area contributed by atoms with Crippen molar-refractivity contribution in [2.75, 3.05) is 19.6 Å². The minimum Gasteiger partial charge on any atom is -0.348 e. The van der Waals surface area contributed by atoms with Crippen molar-refractivity contribution in [1.82, 2.24) is 14.4 Å². The summed E-state index contributed by atoms with van der Waals surface area (Å²) in [6.45, 7) is 12.3. The van der Waals surface area contributed by atoms with E-state index in [1.54, 1.807) is 4.90 Å². The fourth-order valence-electron chi connectivity index (χ4n) is 3.55. The average molecular weight is 367 g/mol. The maximum atomic E-state index is 12.8. The lowest BCUT2D eigenvalue weighted by atomic mass is 10.1. The van der Waals surface area contributed by atoms with Crippen LogP contribution < -0.4 is 0 Å². The second kappa shape index (κ2) is 7.22. The number of aromatic nitrogens is 1. The first-order chi connectivity index (χ1) is 12.6. The quantitative estimate of drug-likeness (QED) is 0.835. The summed E-state index contributed by atoms with van der Waals surface area (Å²) in [4.78, 5) is 28.9. The van der Waals surface area contributed by atoms with Gasteiger partial charge in [-0.2, -0.15) is 0 Å². The molecule has 1 fully saturated rings. The molecule has 0 N–H and O–H groups in total. The van der Waals surface area contributed by atoms with Gasteiger partial charge in [-0.1, -0.05) is 29.3 Å². The molecule has 2 heterocycles. The van der Waals surface area contributed by atoms with E-state index in [1.165, 1.54) is 11.1 Å². The van der Waals surface area contributed by atoms with Crippen molar-refractivity contribution in [1.29, 1.82) is 0 Å². The van der Waals surface area contributed by atoms with Crippen LogP contribution in [0.2, 0.25) is 0 Å². The number of aryl methyl sites for hydroxylation is 2. The molecule has 0 atom stereocenters. The predicted octanol–water partition coefficient (Wildman–Crippen LogP) is 3.34. The summed E-state index contributed by atoms with van der Waals surface area (Å²) in [7, 11) is 0. The Hall–Kier alpha value is -2.56. The molecular formula is C22H29N3O2. The van der Waals surface area contributed by atoms with E-state index in [4.69, 9.17) is 0 Å². The molecule has 2 aromatic rings. The molecular weight excluding hydrogens is 338 g/mol. The smallest absolute Gasteiger partial charge is 0.255 e.